The molecule has 0 saturated heterocycles. The number of aliphatic hydroxyl groups excluding tert-OH is 1. The van der Waals surface area contributed by atoms with Gasteiger partial charge >= 0.3 is 0 Å². The van der Waals surface area contributed by atoms with E-state index in [0.717, 1.165) is 4.90 Å². The third kappa shape index (κ3) is 2.70. The smallest absolute Gasteiger partial charge is 0.261 e. The molecule has 0 saturated carbocycles. The molecular weight excluding hydrogens is 260 g/mol. The van der Waals surface area contributed by atoms with E-state index in [4.69, 9.17) is 5.11 Å². The summed E-state index contributed by atoms with van der Waals surface area (Å²) in [7, 11) is 1.43. The van der Waals surface area contributed by atoms with Crippen LogP contribution in [0.1, 0.15) is 40.0 Å². The SMILES string of the molecule is CN1C(=O)c2ccc(NC(=O)CCCCO)cc2C1=O. The van der Waals surface area contributed by atoms with E-state index in [-0.39, 0.29) is 24.3 Å². The van der Waals surface area contributed by atoms with Crippen molar-refractivity contribution in [3.63, 3.8) is 0 Å². The molecule has 1 aromatic rings. The lowest BCUT2D eigenvalue weighted by atomic mass is 10.1. The summed E-state index contributed by atoms with van der Waals surface area (Å²) in [6, 6.07) is 4.67. The van der Waals surface area contributed by atoms with Crippen LogP contribution in [0.4, 0.5) is 5.69 Å². The van der Waals surface area contributed by atoms with Crippen LogP contribution in [0.2, 0.25) is 0 Å². The fraction of sp³-hybridized carbons (Fsp3) is 0.357. The number of amides is 3. The first-order valence-corrected chi connectivity index (χ1v) is 6.41. The van der Waals surface area contributed by atoms with Crippen molar-refractivity contribution < 1.29 is 19.5 Å². The molecule has 6 heteroatoms. The Morgan fingerprint density at radius 3 is 2.60 bits per heavy atom. The van der Waals surface area contributed by atoms with Crippen LogP contribution >= 0.6 is 0 Å². The van der Waals surface area contributed by atoms with Gasteiger partial charge in [-0.25, -0.2) is 0 Å². The topological polar surface area (TPSA) is 86.7 Å². The number of hydrogen-bond acceptors (Lipinski definition) is 4. The summed E-state index contributed by atoms with van der Waals surface area (Å²) in [5.41, 5.74) is 1.16. The number of aliphatic hydroxyl groups is 1. The van der Waals surface area contributed by atoms with Gasteiger partial charge in [0.25, 0.3) is 11.8 Å². The number of nitrogens with zero attached hydrogens (tertiary/aromatic N) is 1. The van der Waals surface area contributed by atoms with E-state index in [1.54, 1.807) is 12.1 Å². The Bertz CT molecular complexity index is 568. The number of fused-ring (bicyclic) bond motifs is 1. The van der Waals surface area contributed by atoms with E-state index in [9.17, 15) is 14.4 Å². The van der Waals surface area contributed by atoms with Crippen LogP contribution in [0.5, 0.6) is 0 Å². The van der Waals surface area contributed by atoms with E-state index in [2.05, 4.69) is 5.32 Å². The molecule has 0 aliphatic carbocycles. The van der Waals surface area contributed by atoms with Crippen LogP contribution in [0.25, 0.3) is 0 Å². The van der Waals surface area contributed by atoms with Gasteiger partial charge in [0.1, 0.15) is 0 Å². The molecule has 1 aromatic carbocycles. The first-order chi connectivity index (χ1) is 9.54. The highest BCUT2D eigenvalue weighted by atomic mass is 16.3. The molecule has 0 atom stereocenters. The maximum absolute atomic E-state index is 11.8. The summed E-state index contributed by atoms with van der Waals surface area (Å²) < 4.78 is 0. The summed E-state index contributed by atoms with van der Waals surface area (Å²) in [5.74, 6) is -0.865. The minimum Gasteiger partial charge on any atom is -0.396 e. The highest BCUT2D eigenvalue weighted by molar-refractivity contribution is 6.21. The van der Waals surface area contributed by atoms with E-state index < -0.39 is 0 Å². The minimum absolute atomic E-state index is 0.0646. The molecule has 2 rings (SSSR count). The molecule has 2 N–H and O–H groups in total. The van der Waals surface area contributed by atoms with Crippen molar-refractivity contribution in [2.45, 2.75) is 19.3 Å². The van der Waals surface area contributed by atoms with E-state index in [0.29, 0.717) is 36.1 Å². The molecule has 0 radical (unpaired) electrons. The molecule has 0 spiro atoms. The molecule has 20 heavy (non-hydrogen) atoms. The Labute approximate surface area is 116 Å². The first kappa shape index (κ1) is 14.2. The largest absolute Gasteiger partial charge is 0.396 e. The molecule has 106 valence electrons. The van der Waals surface area contributed by atoms with Gasteiger partial charge in [-0.05, 0) is 31.0 Å². The van der Waals surface area contributed by atoms with Gasteiger partial charge in [-0.15, -0.1) is 0 Å². The number of anilines is 1. The van der Waals surface area contributed by atoms with E-state index in [1.165, 1.54) is 13.1 Å². The molecule has 1 heterocycles. The van der Waals surface area contributed by atoms with Crippen LogP contribution < -0.4 is 5.32 Å². The molecule has 6 nitrogen and oxygen atoms in total. The molecule has 1 aliphatic rings. The number of rotatable bonds is 5. The predicted octanol–water partition coefficient (Wildman–Crippen LogP) is 1.01. The Balaban J connectivity index is 2.07. The average Bonchev–Trinajstić information content (AvgIpc) is 2.64. The van der Waals surface area contributed by atoms with Crippen molar-refractivity contribution in [1.82, 2.24) is 4.90 Å². The van der Waals surface area contributed by atoms with Crippen molar-refractivity contribution >= 4 is 23.4 Å². The predicted molar refractivity (Wildman–Crippen MR) is 72.4 cm³/mol. The molecule has 0 fully saturated rings. The lowest BCUT2D eigenvalue weighted by Gasteiger charge is -2.06. The quantitative estimate of drug-likeness (QED) is 0.621. The Kier molecular flexibility index (Phi) is 4.14. The Morgan fingerprint density at radius 2 is 1.90 bits per heavy atom. The van der Waals surface area contributed by atoms with Gasteiger partial charge in [0, 0.05) is 25.8 Å². The van der Waals surface area contributed by atoms with Gasteiger partial charge in [0.05, 0.1) is 11.1 Å². The zero-order valence-corrected chi connectivity index (χ0v) is 11.2. The fourth-order valence-electron chi connectivity index (χ4n) is 2.06. The van der Waals surface area contributed by atoms with Gasteiger partial charge in [-0.1, -0.05) is 0 Å². The summed E-state index contributed by atoms with van der Waals surface area (Å²) in [6.07, 6.45) is 1.49. The van der Waals surface area contributed by atoms with Crippen molar-refractivity contribution in [2.24, 2.45) is 0 Å². The molecule has 3 amide bonds. The van der Waals surface area contributed by atoms with Crippen molar-refractivity contribution in [2.75, 3.05) is 19.0 Å². The highest BCUT2D eigenvalue weighted by Crippen LogP contribution is 2.24. The van der Waals surface area contributed by atoms with E-state index >= 15 is 0 Å². The number of nitrogens with one attached hydrogen (secondary N) is 1. The second-order valence-electron chi connectivity index (χ2n) is 4.66. The van der Waals surface area contributed by atoms with Gasteiger partial charge in [0.2, 0.25) is 5.91 Å². The van der Waals surface area contributed by atoms with E-state index in [1.807, 2.05) is 0 Å². The number of unbranched alkanes of at least 4 members (excludes halogenated alkanes) is 1. The third-order valence-corrected chi connectivity index (χ3v) is 3.19. The monoisotopic (exact) mass is 276 g/mol. The summed E-state index contributed by atoms with van der Waals surface area (Å²) in [4.78, 5) is 36.2. The van der Waals surface area contributed by atoms with Gasteiger partial charge < -0.3 is 10.4 Å². The first-order valence-electron chi connectivity index (χ1n) is 6.41. The zero-order valence-electron chi connectivity index (χ0n) is 11.2. The minimum atomic E-state index is -0.360. The number of hydrogen-bond donors (Lipinski definition) is 2. The standard InChI is InChI=1S/C14H16N2O4/c1-16-13(19)10-6-5-9(8-11(10)14(16)20)15-12(18)4-2-3-7-17/h5-6,8,17H,2-4,7H2,1H3,(H,15,18). The van der Waals surface area contributed by atoms with Crippen molar-refractivity contribution in [3.05, 3.63) is 29.3 Å². The van der Waals surface area contributed by atoms with Crippen molar-refractivity contribution in [1.29, 1.82) is 0 Å². The van der Waals surface area contributed by atoms with Crippen LogP contribution in [0, 0.1) is 0 Å². The van der Waals surface area contributed by atoms with Gasteiger partial charge in [-0.2, -0.15) is 0 Å². The second kappa shape index (κ2) is 5.83. The van der Waals surface area contributed by atoms with Crippen LogP contribution in [0.3, 0.4) is 0 Å². The maximum Gasteiger partial charge on any atom is 0.261 e. The van der Waals surface area contributed by atoms with Gasteiger partial charge in [-0.3, -0.25) is 19.3 Å². The summed E-state index contributed by atoms with van der Waals surface area (Å²) >= 11 is 0. The van der Waals surface area contributed by atoms with Crippen LogP contribution in [0.15, 0.2) is 18.2 Å². The molecular formula is C14H16N2O4. The second-order valence-corrected chi connectivity index (χ2v) is 4.66. The maximum atomic E-state index is 11.8. The number of benzene rings is 1. The summed E-state index contributed by atoms with van der Waals surface area (Å²) in [5, 5.41) is 11.3. The molecule has 0 bridgehead atoms. The van der Waals surface area contributed by atoms with Crippen molar-refractivity contribution in [3.8, 4) is 0 Å². The lowest BCUT2D eigenvalue weighted by Crippen LogP contribution is -2.24. The molecule has 0 unspecified atom stereocenters. The average molecular weight is 276 g/mol. The molecule has 0 aromatic heterocycles. The summed E-state index contributed by atoms with van der Waals surface area (Å²) in [6.45, 7) is 0.0646. The normalized spacial score (nSPS) is 13.6. The van der Waals surface area contributed by atoms with Crippen LogP contribution in [-0.4, -0.2) is 41.4 Å². The number of imide groups is 1. The number of carbonyl (C=O) groups is 3. The zero-order chi connectivity index (χ0) is 14.7. The molecule has 1 aliphatic heterocycles. The Morgan fingerprint density at radius 1 is 1.20 bits per heavy atom. The Hall–Kier alpha value is -2.21. The lowest BCUT2D eigenvalue weighted by molar-refractivity contribution is -0.116. The number of carbonyl (C=O) groups excluding carboxylic acids is 3. The van der Waals surface area contributed by atoms with Gasteiger partial charge in [0.15, 0.2) is 0 Å². The third-order valence-electron chi connectivity index (χ3n) is 3.19. The van der Waals surface area contributed by atoms with Crippen LogP contribution in [-0.2, 0) is 4.79 Å². The fourth-order valence-corrected chi connectivity index (χ4v) is 2.06. The highest BCUT2D eigenvalue weighted by Gasteiger charge is 2.32.